The van der Waals surface area contributed by atoms with Crippen LogP contribution in [0.15, 0.2) is 18.2 Å². The topological polar surface area (TPSA) is 81.7 Å². The summed E-state index contributed by atoms with van der Waals surface area (Å²) in [5, 5.41) is 14.8. The van der Waals surface area contributed by atoms with Crippen molar-refractivity contribution in [2.75, 3.05) is 31.6 Å². The van der Waals surface area contributed by atoms with Crippen molar-refractivity contribution in [1.29, 1.82) is 0 Å². The molecule has 0 saturated carbocycles. The van der Waals surface area contributed by atoms with Crippen LogP contribution in [0, 0.1) is 12.8 Å². The smallest absolute Gasteiger partial charge is 0.321 e. The number of amides is 3. The number of carbonyl (C=O) groups excluding carboxylic acids is 2. The van der Waals surface area contributed by atoms with Gasteiger partial charge in [-0.05, 0) is 56.4 Å². The molecule has 0 aromatic heterocycles. The maximum Gasteiger partial charge on any atom is 0.321 e. The van der Waals surface area contributed by atoms with E-state index in [-0.39, 0.29) is 18.5 Å². The highest BCUT2D eigenvalue weighted by atomic mass is 16.3. The largest absolute Gasteiger partial charge is 0.396 e. The maximum absolute atomic E-state index is 12.3. The van der Waals surface area contributed by atoms with Gasteiger partial charge in [0.15, 0.2) is 0 Å². The van der Waals surface area contributed by atoms with E-state index in [4.69, 9.17) is 5.11 Å². The average Bonchev–Trinajstić information content (AvgIpc) is 2.56. The molecule has 0 atom stereocenters. The number of piperidine rings is 1. The number of aryl methyl sites for hydroxylation is 1. The van der Waals surface area contributed by atoms with E-state index in [0.29, 0.717) is 36.8 Å². The molecule has 1 aliphatic heterocycles. The Hall–Kier alpha value is -2.08. The van der Waals surface area contributed by atoms with E-state index in [9.17, 15) is 9.59 Å². The molecule has 3 N–H and O–H groups in total. The normalized spacial score (nSPS) is 15.3. The molecule has 0 bridgehead atoms. The number of rotatable bonds is 4. The molecule has 6 heteroatoms. The van der Waals surface area contributed by atoms with Gasteiger partial charge in [-0.15, -0.1) is 0 Å². The predicted octanol–water partition coefficient (Wildman–Crippen LogP) is 1.98. The summed E-state index contributed by atoms with van der Waals surface area (Å²) in [6.45, 7) is 5.84. The first-order valence-electron chi connectivity index (χ1n) is 8.10. The molecule has 1 aromatic carbocycles. The molecule has 1 aromatic rings. The van der Waals surface area contributed by atoms with Crippen LogP contribution >= 0.6 is 0 Å². The van der Waals surface area contributed by atoms with Gasteiger partial charge in [0.25, 0.3) is 5.91 Å². The summed E-state index contributed by atoms with van der Waals surface area (Å²) in [5.41, 5.74) is 2.16. The SMILES string of the molecule is CCNC(=O)c1ccc(NC(=O)N2CCC(CO)CC2)c(C)c1. The van der Waals surface area contributed by atoms with Gasteiger partial charge in [0.2, 0.25) is 0 Å². The molecule has 0 spiro atoms. The molecule has 6 nitrogen and oxygen atoms in total. The quantitative estimate of drug-likeness (QED) is 0.794. The number of nitrogens with zero attached hydrogens (tertiary/aromatic N) is 1. The lowest BCUT2D eigenvalue weighted by atomic mass is 9.98. The first-order valence-corrected chi connectivity index (χ1v) is 8.10. The zero-order valence-corrected chi connectivity index (χ0v) is 13.8. The van der Waals surface area contributed by atoms with Crippen molar-refractivity contribution < 1.29 is 14.7 Å². The molecule has 3 amide bonds. The van der Waals surface area contributed by atoms with E-state index in [1.54, 1.807) is 23.1 Å². The molecule has 1 heterocycles. The van der Waals surface area contributed by atoms with Gasteiger partial charge in [0, 0.05) is 37.5 Å². The lowest BCUT2D eigenvalue weighted by Gasteiger charge is -2.31. The number of nitrogens with one attached hydrogen (secondary N) is 2. The molecule has 126 valence electrons. The number of aliphatic hydroxyl groups excluding tert-OH is 1. The predicted molar refractivity (Wildman–Crippen MR) is 89.6 cm³/mol. The van der Waals surface area contributed by atoms with E-state index in [1.165, 1.54) is 0 Å². The van der Waals surface area contributed by atoms with Crippen molar-refractivity contribution in [3.63, 3.8) is 0 Å². The fraction of sp³-hybridized carbons (Fsp3) is 0.529. The summed E-state index contributed by atoms with van der Waals surface area (Å²) in [6, 6.07) is 5.12. The first-order chi connectivity index (χ1) is 11.0. The lowest BCUT2D eigenvalue weighted by molar-refractivity contribution is 0.0955. The fourth-order valence-electron chi connectivity index (χ4n) is 2.72. The zero-order chi connectivity index (χ0) is 16.8. The molecule has 1 fully saturated rings. The molecular weight excluding hydrogens is 294 g/mol. The number of aliphatic hydroxyl groups is 1. The van der Waals surface area contributed by atoms with E-state index < -0.39 is 0 Å². The molecule has 23 heavy (non-hydrogen) atoms. The van der Waals surface area contributed by atoms with Crippen LogP contribution in [0.5, 0.6) is 0 Å². The van der Waals surface area contributed by atoms with Crippen molar-refractivity contribution in [2.45, 2.75) is 26.7 Å². The molecule has 0 radical (unpaired) electrons. The Balaban J connectivity index is 1.97. The Morgan fingerprint density at radius 2 is 2.00 bits per heavy atom. The highest BCUT2D eigenvalue weighted by Crippen LogP contribution is 2.20. The van der Waals surface area contributed by atoms with Crippen molar-refractivity contribution in [3.05, 3.63) is 29.3 Å². The molecule has 0 unspecified atom stereocenters. The lowest BCUT2D eigenvalue weighted by Crippen LogP contribution is -2.41. The summed E-state index contributed by atoms with van der Waals surface area (Å²) >= 11 is 0. The van der Waals surface area contributed by atoms with Gasteiger partial charge < -0.3 is 20.6 Å². The minimum Gasteiger partial charge on any atom is -0.396 e. The van der Waals surface area contributed by atoms with Gasteiger partial charge in [-0.25, -0.2) is 4.79 Å². The Labute approximate surface area is 136 Å². The molecule has 1 aliphatic rings. The van der Waals surface area contributed by atoms with Crippen LogP contribution in [0.4, 0.5) is 10.5 Å². The van der Waals surface area contributed by atoms with Crippen LogP contribution in [0.2, 0.25) is 0 Å². The average molecular weight is 319 g/mol. The number of likely N-dealkylation sites (tertiary alicyclic amines) is 1. The Bertz CT molecular complexity index is 566. The van der Waals surface area contributed by atoms with Crippen LogP contribution in [0.25, 0.3) is 0 Å². The number of anilines is 1. The zero-order valence-electron chi connectivity index (χ0n) is 13.8. The third-order valence-corrected chi connectivity index (χ3v) is 4.23. The first kappa shape index (κ1) is 17.3. The van der Waals surface area contributed by atoms with E-state index in [1.807, 2.05) is 13.8 Å². The third-order valence-electron chi connectivity index (χ3n) is 4.23. The Morgan fingerprint density at radius 3 is 2.57 bits per heavy atom. The van der Waals surface area contributed by atoms with Crippen LogP contribution in [0.3, 0.4) is 0 Å². The van der Waals surface area contributed by atoms with Gasteiger partial charge in [-0.3, -0.25) is 4.79 Å². The second kappa shape index (κ2) is 7.97. The summed E-state index contributed by atoms with van der Waals surface area (Å²) in [6.07, 6.45) is 1.66. The van der Waals surface area contributed by atoms with E-state index in [0.717, 1.165) is 18.4 Å². The van der Waals surface area contributed by atoms with Crippen LogP contribution < -0.4 is 10.6 Å². The number of carbonyl (C=O) groups is 2. The van der Waals surface area contributed by atoms with Gasteiger partial charge in [0.05, 0.1) is 0 Å². The Kier molecular flexibility index (Phi) is 5.98. The maximum atomic E-state index is 12.3. The third kappa shape index (κ3) is 4.45. The van der Waals surface area contributed by atoms with Crippen molar-refractivity contribution in [1.82, 2.24) is 10.2 Å². The second-order valence-electron chi connectivity index (χ2n) is 5.93. The van der Waals surface area contributed by atoms with E-state index >= 15 is 0 Å². The van der Waals surface area contributed by atoms with Crippen LogP contribution in [0.1, 0.15) is 35.7 Å². The summed E-state index contributed by atoms with van der Waals surface area (Å²) in [7, 11) is 0. The number of hydrogen-bond donors (Lipinski definition) is 3. The number of benzene rings is 1. The minimum atomic E-state index is -0.129. The second-order valence-corrected chi connectivity index (χ2v) is 5.93. The van der Waals surface area contributed by atoms with Gasteiger partial charge in [0.1, 0.15) is 0 Å². The van der Waals surface area contributed by atoms with Crippen LogP contribution in [-0.4, -0.2) is 48.2 Å². The molecule has 0 aliphatic carbocycles. The number of hydrogen-bond acceptors (Lipinski definition) is 3. The van der Waals surface area contributed by atoms with Gasteiger partial charge >= 0.3 is 6.03 Å². The fourth-order valence-corrected chi connectivity index (χ4v) is 2.72. The monoisotopic (exact) mass is 319 g/mol. The highest BCUT2D eigenvalue weighted by molar-refractivity contribution is 5.96. The Morgan fingerprint density at radius 1 is 1.30 bits per heavy atom. The number of urea groups is 1. The molecular formula is C17H25N3O3. The highest BCUT2D eigenvalue weighted by Gasteiger charge is 2.22. The van der Waals surface area contributed by atoms with Crippen molar-refractivity contribution >= 4 is 17.6 Å². The van der Waals surface area contributed by atoms with Crippen molar-refractivity contribution in [3.8, 4) is 0 Å². The van der Waals surface area contributed by atoms with Gasteiger partial charge in [-0.2, -0.15) is 0 Å². The van der Waals surface area contributed by atoms with Gasteiger partial charge in [-0.1, -0.05) is 0 Å². The minimum absolute atomic E-state index is 0.112. The molecule has 1 saturated heterocycles. The standard InChI is InChI=1S/C17H25N3O3/c1-3-18-16(22)14-4-5-15(12(2)10-14)19-17(23)20-8-6-13(11-21)7-9-20/h4-5,10,13,21H,3,6-9,11H2,1-2H3,(H,18,22)(H,19,23). The summed E-state index contributed by atoms with van der Waals surface area (Å²) < 4.78 is 0. The summed E-state index contributed by atoms with van der Waals surface area (Å²) in [4.78, 5) is 25.9. The van der Waals surface area contributed by atoms with Crippen molar-refractivity contribution in [2.24, 2.45) is 5.92 Å². The summed E-state index contributed by atoms with van der Waals surface area (Å²) in [5.74, 6) is 0.191. The van der Waals surface area contributed by atoms with Crippen LogP contribution in [-0.2, 0) is 0 Å². The van der Waals surface area contributed by atoms with E-state index in [2.05, 4.69) is 10.6 Å². The molecule has 2 rings (SSSR count).